The Morgan fingerprint density at radius 3 is 2.89 bits per heavy atom. The van der Waals surface area contributed by atoms with E-state index in [0.717, 1.165) is 32.2 Å². The molecule has 100 valence electrons. The zero-order valence-electron chi connectivity index (χ0n) is 10.5. The molecule has 1 fully saturated rings. The fraction of sp³-hybridized carbons (Fsp3) is 0.571. The first kappa shape index (κ1) is 14.3. The molecule has 1 aliphatic heterocycles. The summed E-state index contributed by atoms with van der Waals surface area (Å²) >= 11 is 9.28. The fourth-order valence-corrected chi connectivity index (χ4v) is 3.23. The van der Waals surface area contributed by atoms with Crippen LogP contribution in [0.1, 0.15) is 44.6 Å². The van der Waals surface area contributed by atoms with Crippen LogP contribution in [0.5, 0.6) is 0 Å². The van der Waals surface area contributed by atoms with Gasteiger partial charge < -0.3 is 5.32 Å². The van der Waals surface area contributed by atoms with Crippen LogP contribution >= 0.6 is 27.5 Å². The molecule has 0 amide bonds. The minimum Gasteiger partial charge on any atom is -0.307 e. The number of nitrogens with one attached hydrogen (secondary N) is 1. The van der Waals surface area contributed by atoms with E-state index in [1.165, 1.54) is 6.42 Å². The summed E-state index contributed by atoms with van der Waals surface area (Å²) in [5.74, 6) is -0.290. The fourth-order valence-electron chi connectivity index (χ4n) is 2.76. The van der Waals surface area contributed by atoms with Crippen LogP contribution < -0.4 is 5.32 Å². The number of hydrogen-bond donors (Lipinski definition) is 1. The quantitative estimate of drug-likeness (QED) is 0.750. The maximum atomic E-state index is 14.4. The molecule has 1 nitrogen and oxygen atoms in total. The number of benzene rings is 1. The van der Waals surface area contributed by atoms with Gasteiger partial charge in [-0.15, -0.1) is 0 Å². The molecular formula is C14H18BrClFN. The van der Waals surface area contributed by atoms with Crippen molar-refractivity contribution < 1.29 is 4.39 Å². The van der Waals surface area contributed by atoms with Gasteiger partial charge in [0.1, 0.15) is 5.82 Å². The Labute approximate surface area is 121 Å². The molecule has 1 N–H and O–H groups in total. The summed E-state index contributed by atoms with van der Waals surface area (Å²) in [5, 5.41) is 3.72. The van der Waals surface area contributed by atoms with Gasteiger partial charge in [-0.3, -0.25) is 0 Å². The van der Waals surface area contributed by atoms with E-state index in [1.54, 1.807) is 0 Å². The van der Waals surface area contributed by atoms with Crippen LogP contribution in [-0.2, 0) is 5.54 Å². The Balaban J connectivity index is 2.46. The van der Waals surface area contributed by atoms with E-state index in [2.05, 4.69) is 28.2 Å². The predicted molar refractivity (Wildman–Crippen MR) is 77.5 cm³/mol. The highest BCUT2D eigenvalue weighted by Crippen LogP contribution is 2.38. The van der Waals surface area contributed by atoms with Crippen LogP contribution in [-0.4, -0.2) is 6.54 Å². The normalized spacial score (nSPS) is 24.9. The molecule has 0 spiro atoms. The van der Waals surface area contributed by atoms with Crippen molar-refractivity contribution in [3.05, 3.63) is 33.0 Å². The van der Waals surface area contributed by atoms with Gasteiger partial charge >= 0.3 is 0 Å². The summed E-state index contributed by atoms with van der Waals surface area (Å²) < 4.78 is 15.0. The first-order chi connectivity index (χ1) is 8.60. The molecule has 1 heterocycles. The van der Waals surface area contributed by atoms with E-state index < -0.39 is 0 Å². The molecule has 0 radical (unpaired) electrons. The van der Waals surface area contributed by atoms with E-state index in [1.807, 2.05) is 12.1 Å². The van der Waals surface area contributed by atoms with E-state index in [-0.39, 0.29) is 16.4 Å². The van der Waals surface area contributed by atoms with Gasteiger partial charge in [-0.05, 0) is 47.8 Å². The molecule has 0 aliphatic carbocycles. The highest BCUT2D eigenvalue weighted by Gasteiger charge is 2.34. The molecule has 4 heteroatoms. The number of rotatable bonds is 2. The van der Waals surface area contributed by atoms with Crippen molar-refractivity contribution >= 4 is 27.5 Å². The minimum absolute atomic E-state index is 0.186. The van der Waals surface area contributed by atoms with Crippen molar-refractivity contribution in [1.29, 1.82) is 0 Å². The molecule has 1 aliphatic rings. The van der Waals surface area contributed by atoms with E-state index in [0.29, 0.717) is 10.0 Å². The van der Waals surface area contributed by atoms with Gasteiger partial charge in [0.2, 0.25) is 0 Å². The van der Waals surface area contributed by atoms with E-state index in [4.69, 9.17) is 11.6 Å². The van der Waals surface area contributed by atoms with Crippen molar-refractivity contribution in [3.8, 4) is 0 Å². The molecule has 0 aromatic heterocycles. The summed E-state index contributed by atoms with van der Waals surface area (Å²) in [7, 11) is 0. The van der Waals surface area contributed by atoms with Crippen molar-refractivity contribution in [3.63, 3.8) is 0 Å². The van der Waals surface area contributed by atoms with Crippen LogP contribution in [0, 0.1) is 5.82 Å². The predicted octanol–water partition coefficient (Wildman–Crippen LogP) is 5.01. The van der Waals surface area contributed by atoms with Crippen molar-refractivity contribution in [2.75, 3.05) is 6.54 Å². The van der Waals surface area contributed by atoms with Gasteiger partial charge in [-0.1, -0.05) is 37.4 Å². The Morgan fingerprint density at radius 2 is 2.17 bits per heavy atom. The largest absolute Gasteiger partial charge is 0.307 e. The van der Waals surface area contributed by atoms with E-state index >= 15 is 0 Å². The molecule has 1 unspecified atom stereocenters. The first-order valence-electron chi connectivity index (χ1n) is 6.50. The summed E-state index contributed by atoms with van der Waals surface area (Å²) in [4.78, 5) is 0. The van der Waals surface area contributed by atoms with Crippen molar-refractivity contribution in [2.24, 2.45) is 0 Å². The molecule has 1 atom stereocenters. The van der Waals surface area contributed by atoms with Crippen LogP contribution in [0.4, 0.5) is 4.39 Å². The second-order valence-electron chi connectivity index (χ2n) is 4.90. The Hall–Kier alpha value is -0.120. The van der Waals surface area contributed by atoms with Crippen molar-refractivity contribution in [2.45, 2.75) is 44.6 Å². The van der Waals surface area contributed by atoms with Gasteiger partial charge in [0.15, 0.2) is 0 Å². The Kier molecular flexibility index (Phi) is 4.68. The monoisotopic (exact) mass is 333 g/mol. The topological polar surface area (TPSA) is 12.0 Å². The SMILES string of the molecule is CCC1(c2ccc(Br)c(Cl)c2F)CCCCCN1. The van der Waals surface area contributed by atoms with Gasteiger partial charge in [-0.2, -0.15) is 0 Å². The summed E-state index contributed by atoms with van der Waals surface area (Å²) in [6, 6.07) is 3.69. The molecule has 0 bridgehead atoms. The highest BCUT2D eigenvalue weighted by atomic mass is 79.9. The van der Waals surface area contributed by atoms with Gasteiger partial charge in [0.25, 0.3) is 0 Å². The van der Waals surface area contributed by atoms with Crippen LogP contribution in [0.2, 0.25) is 5.02 Å². The lowest BCUT2D eigenvalue weighted by atomic mass is 9.83. The average Bonchev–Trinajstić information content (AvgIpc) is 2.62. The maximum Gasteiger partial charge on any atom is 0.147 e. The molecule has 1 aromatic rings. The lowest BCUT2D eigenvalue weighted by Gasteiger charge is -2.34. The third-order valence-electron chi connectivity index (χ3n) is 3.90. The highest BCUT2D eigenvalue weighted by molar-refractivity contribution is 9.10. The molecule has 2 rings (SSSR count). The third-order valence-corrected chi connectivity index (χ3v) is 5.16. The zero-order chi connectivity index (χ0) is 13.2. The smallest absolute Gasteiger partial charge is 0.147 e. The first-order valence-corrected chi connectivity index (χ1v) is 7.67. The van der Waals surface area contributed by atoms with Gasteiger partial charge in [-0.25, -0.2) is 4.39 Å². The van der Waals surface area contributed by atoms with Gasteiger partial charge in [0.05, 0.1) is 5.02 Å². The van der Waals surface area contributed by atoms with Crippen LogP contribution in [0.15, 0.2) is 16.6 Å². The standard InChI is InChI=1S/C14H18BrClFN/c1-2-14(8-4-3-5-9-18-14)10-6-7-11(15)12(16)13(10)17/h6-7,18H,2-5,8-9H2,1H3. The summed E-state index contributed by atoms with van der Waals surface area (Å²) in [6.45, 7) is 3.05. The summed E-state index contributed by atoms with van der Waals surface area (Å²) in [6.07, 6.45) is 5.35. The van der Waals surface area contributed by atoms with Crippen LogP contribution in [0.25, 0.3) is 0 Å². The molecule has 0 saturated carbocycles. The molecule has 1 saturated heterocycles. The minimum atomic E-state index is -0.290. The second-order valence-corrected chi connectivity index (χ2v) is 6.13. The average molecular weight is 335 g/mol. The summed E-state index contributed by atoms with van der Waals surface area (Å²) in [5.41, 5.74) is 0.449. The molecule has 1 aromatic carbocycles. The second kappa shape index (κ2) is 5.89. The number of hydrogen-bond acceptors (Lipinski definition) is 1. The third kappa shape index (κ3) is 2.59. The van der Waals surface area contributed by atoms with Crippen molar-refractivity contribution in [1.82, 2.24) is 5.32 Å². The zero-order valence-corrected chi connectivity index (χ0v) is 12.9. The lowest BCUT2D eigenvalue weighted by Crippen LogP contribution is -2.42. The molecule has 18 heavy (non-hydrogen) atoms. The molecular weight excluding hydrogens is 317 g/mol. The Bertz CT molecular complexity index is 428. The van der Waals surface area contributed by atoms with Gasteiger partial charge in [0, 0.05) is 15.6 Å². The van der Waals surface area contributed by atoms with Crippen LogP contribution in [0.3, 0.4) is 0 Å². The maximum absolute atomic E-state index is 14.4. The number of halogens is 3. The Morgan fingerprint density at radius 1 is 1.39 bits per heavy atom. The van der Waals surface area contributed by atoms with E-state index in [9.17, 15) is 4.39 Å². The lowest BCUT2D eigenvalue weighted by molar-refractivity contribution is 0.301.